The Morgan fingerprint density at radius 2 is 2.04 bits per heavy atom. The zero-order chi connectivity index (χ0) is 18.4. The third-order valence-corrected chi connectivity index (χ3v) is 4.70. The van der Waals surface area contributed by atoms with Gasteiger partial charge in [-0.3, -0.25) is 0 Å². The summed E-state index contributed by atoms with van der Waals surface area (Å²) in [4.78, 5) is 4.76. The van der Waals surface area contributed by atoms with Crippen LogP contribution >= 0.6 is 24.0 Å². The molecule has 3 rings (SSSR count). The van der Waals surface area contributed by atoms with E-state index in [1.807, 2.05) is 29.8 Å². The molecule has 148 valence electrons. The second-order valence-corrected chi connectivity index (χ2v) is 6.61. The van der Waals surface area contributed by atoms with Crippen molar-refractivity contribution in [1.82, 2.24) is 20.4 Å². The fraction of sp³-hybridized carbons (Fsp3) is 0.500. The Hall–Kier alpha value is -1.61. The molecule has 0 aliphatic carbocycles. The van der Waals surface area contributed by atoms with Crippen LogP contribution in [-0.4, -0.2) is 41.5 Å². The monoisotopic (exact) mass is 483 g/mol. The zero-order valence-electron chi connectivity index (χ0n) is 16.4. The van der Waals surface area contributed by atoms with E-state index in [9.17, 15) is 0 Å². The molecule has 1 aliphatic rings. The van der Waals surface area contributed by atoms with Gasteiger partial charge < -0.3 is 15.4 Å². The third-order valence-electron chi connectivity index (χ3n) is 4.70. The maximum Gasteiger partial charge on any atom is 0.191 e. The van der Waals surface area contributed by atoms with Gasteiger partial charge in [0.2, 0.25) is 0 Å². The predicted octanol–water partition coefficient (Wildman–Crippen LogP) is 3.34. The van der Waals surface area contributed by atoms with Gasteiger partial charge in [-0.2, -0.15) is 5.10 Å². The van der Waals surface area contributed by atoms with Gasteiger partial charge in [-0.05, 0) is 45.7 Å². The molecular formula is C20H30IN5O. The maximum atomic E-state index is 5.68. The van der Waals surface area contributed by atoms with E-state index in [0.29, 0.717) is 12.6 Å². The molecular weight excluding hydrogens is 453 g/mol. The Morgan fingerprint density at radius 3 is 2.70 bits per heavy atom. The number of rotatable bonds is 6. The molecule has 1 aromatic carbocycles. The Labute approximate surface area is 178 Å². The molecule has 0 amide bonds. The average molecular weight is 483 g/mol. The van der Waals surface area contributed by atoms with Crippen LogP contribution in [0.25, 0.3) is 5.69 Å². The van der Waals surface area contributed by atoms with E-state index in [0.717, 1.165) is 55.6 Å². The van der Waals surface area contributed by atoms with Gasteiger partial charge in [-0.25, -0.2) is 9.67 Å². The number of nitrogens with zero attached hydrogens (tertiary/aromatic N) is 3. The number of aryl methyl sites for hydroxylation is 1. The van der Waals surface area contributed by atoms with E-state index in [1.165, 1.54) is 5.56 Å². The van der Waals surface area contributed by atoms with Gasteiger partial charge >= 0.3 is 0 Å². The molecule has 0 saturated carbocycles. The molecule has 1 aliphatic heterocycles. The van der Waals surface area contributed by atoms with E-state index in [4.69, 9.17) is 14.8 Å². The van der Waals surface area contributed by atoms with Crippen molar-refractivity contribution in [3.05, 3.63) is 47.3 Å². The summed E-state index contributed by atoms with van der Waals surface area (Å²) in [6.45, 7) is 9.33. The Morgan fingerprint density at radius 1 is 1.26 bits per heavy atom. The van der Waals surface area contributed by atoms with Crippen molar-refractivity contribution < 1.29 is 4.74 Å². The molecule has 6 nitrogen and oxygen atoms in total. The summed E-state index contributed by atoms with van der Waals surface area (Å²) in [5.41, 5.74) is 4.40. The van der Waals surface area contributed by atoms with Gasteiger partial charge in [0.1, 0.15) is 0 Å². The number of ether oxygens (including phenoxy) is 1. The van der Waals surface area contributed by atoms with Crippen molar-refractivity contribution in [2.45, 2.75) is 46.3 Å². The summed E-state index contributed by atoms with van der Waals surface area (Å²) in [6.07, 6.45) is 2.56. The lowest BCUT2D eigenvalue weighted by molar-refractivity contribution is 0.114. The molecule has 1 atom stereocenters. The lowest BCUT2D eigenvalue weighted by Crippen LogP contribution is -2.41. The highest BCUT2D eigenvalue weighted by atomic mass is 127. The minimum absolute atomic E-state index is 0. The molecule has 1 saturated heterocycles. The first-order chi connectivity index (χ1) is 12.7. The zero-order valence-corrected chi connectivity index (χ0v) is 18.7. The molecule has 27 heavy (non-hydrogen) atoms. The average Bonchev–Trinajstić information content (AvgIpc) is 3.27. The van der Waals surface area contributed by atoms with Crippen molar-refractivity contribution in [1.29, 1.82) is 0 Å². The Balaban J connectivity index is 0.00000261. The first kappa shape index (κ1) is 21.7. The van der Waals surface area contributed by atoms with Gasteiger partial charge in [0.05, 0.1) is 24.0 Å². The van der Waals surface area contributed by atoms with Gasteiger partial charge in [0, 0.05) is 31.0 Å². The van der Waals surface area contributed by atoms with Gasteiger partial charge in [0.15, 0.2) is 5.96 Å². The number of nitrogens with one attached hydrogen (secondary N) is 2. The standard InChI is InChI=1S/C20H29N5O.HI/c1-4-21-20(22-13-18-11-8-12-26-18)23-14-19-15(2)24-25(16(19)3)17-9-6-5-7-10-17;/h5-7,9-10,18H,4,8,11-14H2,1-3H3,(H2,21,22,23);1H. The fourth-order valence-electron chi connectivity index (χ4n) is 3.24. The van der Waals surface area contributed by atoms with Gasteiger partial charge in [-0.1, -0.05) is 18.2 Å². The minimum Gasteiger partial charge on any atom is -0.376 e. The molecule has 2 N–H and O–H groups in total. The summed E-state index contributed by atoms with van der Waals surface area (Å²) < 4.78 is 7.67. The molecule has 0 bridgehead atoms. The molecule has 2 heterocycles. The number of hydrogen-bond acceptors (Lipinski definition) is 3. The molecule has 1 unspecified atom stereocenters. The number of hydrogen-bond donors (Lipinski definition) is 2. The highest BCUT2D eigenvalue weighted by Crippen LogP contribution is 2.18. The van der Waals surface area contributed by atoms with Crippen LogP contribution in [0, 0.1) is 13.8 Å². The number of halogens is 1. The minimum atomic E-state index is 0. The molecule has 0 spiro atoms. The van der Waals surface area contributed by atoms with Crippen LogP contribution in [0.15, 0.2) is 35.3 Å². The highest BCUT2D eigenvalue weighted by Gasteiger charge is 2.16. The number of guanidine groups is 1. The van der Waals surface area contributed by atoms with E-state index >= 15 is 0 Å². The lowest BCUT2D eigenvalue weighted by Gasteiger charge is -2.14. The van der Waals surface area contributed by atoms with Crippen LogP contribution in [0.2, 0.25) is 0 Å². The van der Waals surface area contributed by atoms with E-state index in [-0.39, 0.29) is 24.0 Å². The van der Waals surface area contributed by atoms with E-state index < -0.39 is 0 Å². The lowest BCUT2D eigenvalue weighted by atomic mass is 10.2. The molecule has 1 fully saturated rings. The van der Waals surface area contributed by atoms with Gasteiger partial charge in [0.25, 0.3) is 0 Å². The Kier molecular flexibility index (Phi) is 8.56. The van der Waals surface area contributed by atoms with Crippen molar-refractivity contribution in [3.63, 3.8) is 0 Å². The van der Waals surface area contributed by atoms with E-state index in [2.05, 4.69) is 36.6 Å². The van der Waals surface area contributed by atoms with Crippen LogP contribution in [0.3, 0.4) is 0 Å². The molecule has 0 radical (unpaired) electrons. The smallest absolute Gasteiger partial charge is 0.191 e. The first-order valence-corrected chi connectivity index (χ1v) is 9.43. The largest absolute Gasteiger partial charge is 0.376 e. The predicted molar refractivity (Wildman–Crippen MR) is 120 cm³/mol. The SMILES string of the molecule is CCNC(=NCc1c(C)nn(-c2ccccc2)c1C)NCC1CCCO1.I. The summed E-state index contributed by atoms with van der Waals surface area (Å²) in [6, 6.07) is 10.2. The van der Waals surface area contributed by atoms with Crippen molar-refractivity contribution in [3.8, 4) is 5.69 Å². The summed E-state index contributed by atoms with van der Waals surface area (Å²) in [5, 5.41) is 11.4. The second-order valence-electron chi connectivity index (χ2n) is 6.61. The van der Waals surface area contributed by atoms with Gasteiger partial charge in [-0.15, -0.1) is 24.0 Å². The normalized spacial score (nSPS) is 16.9. The van der Waals surface area contributed by atoms with Crippen LogP contribution in [0.1, 0.15) is 36.7 Å². The number of benzene rings is 1. The summed E-state index contributed by atoms with van der Waals surface area (Å²) >= 11 is 0. The van der Waals surface area contributed by atoms with E-state index in [1.54, 1.807) is 0 Å². The van der Waals surface area contributed by atoms with Crippen LogP contribution < -0.4 is 10.6 Å². The van der Waals surface area contributed by atoms with Crippen molar-refractivity contribution >= 4 is 29.9 Å². The molecule has 2 aromatic rings. The number of para-hydroxylation sites is 1. The van der Waals surface area contributed by atoms with Crippen molar-refractivity contribution in [2.75, 3.05) is 19.7 Å². The second kappa shape index (κ2) is 10.7. The van der Waals surface area contributed by atoms with Crippen LogP contribution in [0.5, 0.6) is 0 Å². The Bertz CT molecular complexity index is 738. The topological polar surface area (TPSA) is 63.5 Å². The van der Waals surface area contributed by atoms with Crippen LogP contribution in [0.4, 0.5) is 0 Å². The summed E-state index contributed by atoms with van der Waals surface area (Å²) in [7, 11) is 0. The third kappa shape index (κ3) is 5.68. The molecule has 7 heteroatoms. The quantitative estimate of drug-likeness (QED) is 0.376. The summed E-state index contributed by atoms with van der Waals surface area (Å²) in [5.74, 6) is 0.828. The maximum absolute atomic E-state index is 5.68. The van der Waals surface area contributed by atoms with Crippen LogP contribution in [-0.2, 0) is 11.3 Å². The fourth-order valence-corrected chi connectivity index (χ4v) is 3.24. The highest BCUT2D eigenvalue weighted by molar-refractivity contribution is 14.0. The number of aromatic nitrogens is 2. The molecule has 1 aromatic heterocycles. The first-order valence-electron chi connectivity index (χ1n) is 9.43. The van der Waals surface area contributed by atoms with Crippen molar-refractivity contribution in [2.24, 2.45) is 4.99 Å². The number of aliphatic imine (C=N–C) groups is 1.